The van der Waals surface area contributed by atoms with Gasteiger partial charge in [0.15, 0.2) is 0 Å². The maximum atomic E-state index is 10.8. The summed E-state index contributed by atoms with van der Waals surface area (Å²) in [5.74, 6) is 1.37. The smallest absolute Gasteiger partial charge is 0.270 e. The van der Waals surface area contributed by atoms with E-state index in [1.54, 1.807) is 17.8 Å². The fourth-order valence-electron chi connectivity index (χ4n) is 1.71. The number of nitro groups is 1. The molecule has 0 fully saturated rings. The van der Waals surface area contributed by atoms with Gasteiger partial charge in [0.1, 0.15) is 11.5 Å². The summed E-state index contributed by atoms with van der Waals surface area (Å²) in [5.41, 5.74) is 0.806. The van der Waals surface area contributed by atoms with Crippen molar-refractivity contribution in [2.45, 2.75) is 10.2 Å². The minimum absolute atomic E-state index is 0.0601. The third-order valence-electron chi connectivity index (χ3n) is 2.69. The molecule has 20 heavy (non-hydrogen) atoms. The van der Waals surface area contributed by atoms with Crippen molar-refractivity contribution in [3.63, 3.8) is 0 Å². The number of nitro benzene ring substituents is 1. The van der Waals surface area contributed by atoms with Crippen molar-refractivity contribution in [2.75, 3.05) is 6.26 Å². The van der Waals surface area contributed by atoms with Crippen LogP contribution < -0.4 is 4.74 Å². The Labute approximate surface area is 129 Å². The lowest BCUT2D eigenvalue weighted by Crippen LogP contribution is -1.94. The van der Waals surface area contributed by atoms with Crippen molar-refractivity contribution in [2.24, 2.45) is 0 Å². The molecule has 4 nitrogen and oxygen atoms in total. The van der Waals surface area contributed by atoms with Crippen LogP contribution in [0.4, 0.5) is 5.69 Å². The van der Waals surface area contributed by atoms with Gasteiger partial charge in [-0.3, -0.25) is 10.1 Å². The summed E-state index contributed by atoms with van der Waals surface area (Å²) in [7, 11) is 0. The Kier molecular flexibility index (Phi) is 5.03. The first kappa shape index (κ1) is 14.9. The topological polar surface area (TPSA) is 52.4 Å². The van der Waals surface area contributed by atoms with E-state index in [-0.39, 0.29) is 5.69 Å². The second-order valence-corrected chi connectivity index (χ2v) is 5.34. The van der Waals surface area contributed by atoms with Crippen molar-refractivity contribution in [3.8, 4) is 11.5 Å². The van der Waals surface area contributed by atoms with E-state index < -0.39 is 4.92 Å². The van der Waals surface area contributed by atoms with Crippen LogP contribution in [0.3, 0.4) is 0 Å². The van der Waals surface area contributed by atoms with Gasteiger partial charge >= 0.3 is 0 Å². The number of benzene rings is 2. The zero-order chi connectivity index (χ0) is 14.5. The number of thioether (sulfide) groups is 1. The Hall–Kier alpha value is -1.53. The molecule has 0 aliphatic carbocycles. The van der Waals surface area contributed by atoms with Crippen LogP contribution in [0.2, 0.25) is 0 Å². The molecule has 2 rings (SSSR count). The highest BCUT2D eigenvalue weighted by molar-refractivity contribution is 9.08. The molecule has 0 aliphatic heterocycles. The summed E-state index contributed by atoms with van der Waals surface area (Å²) < 4.78 is 5.88. The van der Waals surface area contributed by atoms with Gasteiger partial charge in [0.25, 0.3) is 5.69 Å². The molecular formula is C14H12BrNO3S. The molecule has 0 aliphatic rings. The molecule has 6 heteroatoms. The number of non-ortho nitro benzene ring substituents is 1. The van der Waals surface area contributed by atoms with Crippen molar-refractivity contribution >= 4 is 33.4 Å². The second-order valence-electron chi connectivity index (χ2n) is 3.94. The highest BCUT2D eigenvalue weighted by Crippen LogP contribution is 2.34. The fourth-order valence-corrected chi connectivity index (χ4v) is 2.67. The van der Waals surface area contributed by atoms with Gasteiger partial charge in [0.2, 0.25) is 0 Å². The van der Waals surface area contributed by atoms with Crippen LogP contribution in [0.15, 0.2) is 47.4 Å². The normalized spacial score (nSPS) is 10.3. The minimum atomic E-state index is -0.411. The average molecular weight is 354 g/mol. The van der Waals surface area contributed by atoms with E-state index in [2.05, 4.69) is 15.9 Å². The van der Waals surface area contributed by atoms with Gasteiger partial charge in [0, 0.05) is 27.9 Å². The maximum Gasteiger partial charge on any atom is 0.270 e. The van der Waals surface area contributed by atoms with Crippen LogP contribution >= 0.6 is 27.7 Å². The first-order chi connectivity index (χ1) is 9.65. The summed E-state index contributed by atoms with van der Waals surface area (Å²) >= 11 is 4.92. The second kappa shape index (κ2) is 6.76. The third kappa shape index (κ3) is 3.32. The summed E-state index contributed by atoms with van der Waals surface area (Å²) in [6.45, 7) is 0. The highest BCUT2D eigenvalue weighted by atomic mass is 79.9. The van der Waals surface area contributed by atoms with Crippen molar-refractivity contribution in [3.05, 3.63) is 58.1 Å². The van der Waals surface area contributed by atoms with Crippen molar-refractivity contribution in [1.29, 1.82) is 0 Å². The Morgan fingerprint density at radius 1 is 1.25 bits per heavy atom. The molecule has 0 aromatic heterocycles. The standard InChI is InChI=1S/C14H12BrNO3S/c1-20-14-5-3-2-4-13(14)19-12-7-6-11(16(17)18)8-10(12)9-15/h2-8H,9H2,1H3. The van der Waals surface area contributed by atoms with Crippen molar-refractivity contribution in [1.82, 2.24) is 0 Å². The fraction of sp³-hybridized carbons (Fsp3) is 0.143. The van der Waals surface area contributed by atoms with Gasteiger partial charge in [-0.25, -0.2) is 0 Å². The first-order valence-corrected chi connectivity index (χ1v) is 8.14. The van der Waals surface area contributed by atoms with Gasteiger partial charge in [-0.15, -0.1) is 11.8 Å². The zero-order valence-electron chi connectivity index (χ0n) is 10.7. The van der Waals surface area contributed by atoms with Gasteiger partial charge < -0.3 is 4.74 Å². The van der Waals surface area contributed by atoms with E-state index in [4.69, 9.17) is 4.74 Å². The molecule has 2 aromatic carbocycles. The molecule has 104 valence electrons. The van der Waals surface area contributed by atoms with Gasteiger partial charge in [-0.1, -0.05) is 28.1 Å². The van der Waals surface area contributed by atoms with Crippen LogP contribution in [0, 0.1) is 10.1 Å². The highest BCUT2D eigenvalue weighted by Gasteiger charge is 2.12. The maximum absolute atomic E-state index is 10.8. The Balaban J connectivity index is 2.36. The van der Waals surface area contributed by atoms with E-state index >= 15 is 0 Å². The third-order valence-corrected chi connectivity index (χ3v) is 4.07. The molecule has 2 aromatic rings. The molecule has 0 atom stereocenters. The Bertz CT molecular complexity index is 634. The van der Waals surface area contributed by atoms with Crippen LogP contribution in [0.25, 0.3) is 0 Å². The van der Waals surface area contributed by atoms with Gasteiger partial charge in [-0.2, -0.15) is 0 Å². The van der Waals surface area contributed by atoms with Crippen LogP contribution in [-0.2, 0) is 5.33 Å². The molecule has 0 amide bonds. The van der Waals surface area contributed by atoms with E-state index in [9.17, 15) is 10.1 Å². The SMILES string of the molecule is CSc1ccccc1Oc1ccc([N+](=O)[O-])cc1CBr. The quantitative estimate of drug-likeness (QED) is 0.328. The lowest BCUT2D eigenvalue weighted by Gasteiger charge is -2.12. The molecule has 0 bridgehead atoms. The van der Waals surface area contributed by atoms with Crippen LogP contribution in [0.1, 0.15) is 5.56 Å². The molecule has 0 saturated heterocycles. The van der Waals surface area contributed by atoms with E-state index in [0.29, 0.717) is 11.1 Å². The van der Waals surface area contributed by atoms with Crippen LogP contribution in [-0.4, -0.2) is 11.2 Å². The van der Waals surface area contributed by atoms with Crippen LogP contribution in [0.5, 0.6) is 11.5 Å². The van der Waals surface area contributed by atoms with E-state index in [1.165, 1.54) is 12.1 Å². The molecule has 0 N–H and O–H groups in total. The first-order valence-electron chi connectivity index (χ1n) is 5.80. The predicted molar refractivity (Wildman–Crippen MR) is 84.0 cm³/mol. The number of rotatable bonds is 5. The minimum Gasteiger partial charge on any atom is -0.456 e. The van der Waals surface area contributed by atoms with Crippen molar-refractivity contribution < 1.29 is 9.66 Å². The molecule has 0 heterocycles. The monoisotopic (exact) mass is 353 g/mol. The molecule has 0 unspecified atom stereocenters. The number of ether oxygens (including phenoxy) is 1. The average Bonchev–Trinajstić information content (AvgIpc) is 2.48. The molecule has 0 spiro atoms. The summed E-state index contributed by atoms with van der Waals surface area (Å²) in [6.07, 6.45) is 1.98. The number of nitrogens with zero attached hydrogens (tertiary/aromatic N) is 1. The summed E-state index contributed by atoms with van der Waals surface area (Å²) in [4.78, 5) is 11.4. The molecular weight excluding hydrogens is 342 g/mol. The Morgan fingerprint density at radius 2 is 2.00 bits per heavy atom. The number of hydrogen-bond donors (Lipinski definition) is 0. The van der Waals surface area contributed by atoms with Gasteiger partial charge in [0.05, 0.1) is 4.92 Å². The number of halogens is 1. The number of hydrogen-bond acceptors (Lipinski definition) is 4. The summed E-state index contributed by atoms with van der Waals surface area (Å²) in [5, 5.41) is 11.3. The van der Waals surface area contributed by atoms with E-state index in [1.807, 2.05) is 30.5 Å². The lowest BCUT2D eigenvalue weighted by molar-refractivity contribution is -0.384. The predicted octanol–water partition coefficient (Wildman–Crippen LogP) is 5.00. The largest absolute Gasteiger partial charge is 0.456 e. The summed E-state index contributed by atoms with van der Waals surface area (Å²) in [6, 6.07) is 12.3. The lowest BCUT2D eigenvalue weighted by atomic mass is 10.2. The van der Waals surface area contributed by atoms with Gasteiger partial charge in [-0.05, 0) is 24.5 Å². The number of para-hydroxylation sites is 1. The van der Waals surface area contributed by atoms with E-state index in [0.717, 1.165) is 16.2 Å². The number of alkyl halides is 1. The zero-order valence-corrected chi connectivity index (χ0v) is 13.1. The molecule has 0 radical (unpaired) electrons. The Morgan fingerprint density at radius 3 is 2.65 bits per heavy atom. The molecule has 0 saturated carbocycles.